The average Bonchev–Trinajstić information content (AvgIpc) is 2.84. The quantitative estimate of drug-likeness (QED) is 0.166. The van der Waals surface area contributed by atoms with Crippen LogP contribution in [0.15, 0.2) is 102 Å². The van der Waals surface area contributed by atoms with E-state index in [9.17, 15) is 18.0 Å². The lowest BCUT2D eigenvalue weighted by Crippen LogP contribution is -2.31. The summed E-state index contributed by atoms with van der Waals surface area (Å²) in [7, 11) is -3.79. The van der Waals surface area contributed by atoms with Crippen LogP contribution in [0.25, 0.3) is 0 Å². The number of rotatable bonds is 9. The first-order valence-corrected chi connectivity index (χ1v) is 11.7. The van der Waals surface area contributed by atoms with E-state index in [2.05, 4.69) is 17.1 Å². The third kappa shape index (κ3) is 6.17. The smallest absolute Gasteiger partial charge is 0.308 e. The predicted octanol–water partition coefficient (Wildman–Crippen LogP) is 3.76. The summed E-state index contributed by atoms with van der Waals surface area (Å²) < 4.78 is 32.3. The molecule has 0 atom stereocenters. The molecule has 0 saturated heterocycles. The summed E-state index contributed by atoms with van der Waals surface area (Å²) in [5.74, 6) is -0.459. The topological polar surface area (TPSA) is 105 Å². The van der Waals surface area contributed by atoms with Crippen molar-refractivity contribution in [3.63, 3.8) is 0 Å². The second-order valence-electron chi connectivity index (χ2n) is 7.05. The molecule has 0 aliphatic carbocycles. The zero-order valence-electron chi connectivity index (χ0n) is 18.4. The molecule has 0 aliphatic heterocycles. The third-order valence-corrected chi connectivity index (χ3v) is 6.37. The first-order chi connectivity index (χ1) is 16.3. The molecule has 0 saturated carbocycles. The molecule has 34 heavy (non-hydrogen) atoms. The highest BCUT2D eigenvalue weighted by Gasteiger charge is 2.23. The van der Waals surface area contributed by atoms with Crippen LogP contribution in [0.2, 0.25) is 0 Å². The Morgan fingerprint density at radius 2 is 1.65 bits per heavy atom. The molecule has 0 unspecified atom stereocenters. The largest absolute Gasteiger partial charge is 0.427 e. The molecule has 0 bridgehead atoms. The van der Waals surface area contributed by atoms with Crippen molar-refractivity contribution < 1.29 is 22.7 Å². The Labute approximate surface area is 198 Å². The van der Waals surface area contributed by atoms with E-state index < -0.39 is 21.9 Å². The molecule has 1 amide bonds. The molecule has 3 aromatic rings. The normalized spacial score (nSPS) is 11.1. The molecule has 1 N–H and O–H groups in total. The number of hydrazone groups is 1. The number of carbonyl (C=O) groups excluding carboxylic acids is 2. The lowest BCUT2D eigenvalue weighted by molar-refractivity contribution is -0.131. The minimum absolute atomic E-state index is 0.0727. The molecular weight excluding hydrogens is 454 g/mol. The monoisotopic (exact) mass is 477 g/mol. The standard InChI is InChI=1S/C25H23N3O5S/c1-3-17-28(34(31,32)24-7-5-4-6-8-24)22-13-11-21(12-14-22)25(30)27-26-18-20-9-15-23(16-10-20)33-19(2)29/h3-16,18H,1,17H2,2H3,(H,27,30)/b26-18-. The van der Waals surface area contributed by atoms with Crippen molar-refractivity contribution in [1.29, 1.82) is 0 Å². The number of ether oxygens (including phenoxy) is 1. The lowest BCUT2D eigenvalue weighted by Gasteiger charge is -2.23. The number of nitrogens with one attached hydrogen (secondary N) is 1. The van der Waals surface area contributed by atoms with Crippen molar-refractivity contribution in [3.05, 3.63) is 103 Å². The Hall–Kier alpha value is -4.24. The van der Waals surface area contributed by atoms with Crippen molar-refractivity contribution in [1.82, 2.24) is 5.43 Å². The number of sulfonamides is 1. The van der Waals surface area contributed by atoms with E-state index in [0.29, 0.717) is 22.6 Å². The Balaban J connectivity index is 1.69. The van der Waals surface area contributed by atoms with Gasteiger partial charge in [-0.25, -0.2) is 13.8 Å². The van der Waals surface area contributed by atoms with E-state index in [-0.39, 0.29) is 11.4 Å². The van der Waals surface area contributed by atoms with E-state index in [4.69, 9.17) is 4.74 Å². The summed E-state index contributed by atoms with van der Waals surface area (Å²) >= 11 is 0. The summed E-state index contributed by atoms with van der Waals surface area (Å²) in [6.45, 7) is 5.04. The van der Waals surface area contributed by atoms with Crippen LogP contribution in [0, 0.1) is 0 Å². The third-order valence-electron chi connectivity index (χ3n) is 4.56. The number of anilines is 1. The van der Waals surface area contributed by atoms with Gasteiger partial charge in [0.25, 0.3) is 15.9 Å². The van der Waals surface area contributed by atoms with Gasteiger partial charge in [-0.1, -0.05) is 24.3 Å². The van der Waals surface area contributed by atoms with Gasteiger partial charge in [0.05, 0.1) is 23.3 Å². The number of hydrogen-bond acceptors (Lipinski definition) is 6. The number of carbonyl (C=O) groups is 2. The average molecular weight is 478 g/mol. The Kier molecular flexibility index (Phi) is 7.94. The van der Waals surface area contributed by atoms with Gasteiger partial charge in [0.15, 0.2) is 0 Å². The van der Waals surface area contributed by atoms with Crippen LogP contribution in [0.3, 0.4) is 0 Å². The molecule has 9 heteroatoms. The predicted molar refractivity (Wildman–Crippen MR) is 130 cm³/mol. The first kappa shape index (κ1) is 24.4. The molecule has 3 aromatic carbocycles. The Bertz CT molecular complexity index is 1290. The fraction of sp³-hybridized carbons (Fsp3) is 0.0800. The number of nitrogens with zero attached hydrogens (tertiary/aromatic N) is 2. The molecule has 174 valence electrons. The second kappa shape index (κ2) is 11.1. The molecule has 0 aliphatic rings. The molecule has 0 fully saturated rings. The molecule has 0 heterocycles. The van der Waals surface area contributed by atoms with E-state index in [0.717, 1.165) is 0 Å². The summed E-state index contributed by atoms with van der Waals surface area (Å²) in [5.41, 5.74) is 3.82. The zero-order chi connectivity index (χ0) is 24.6. The fourth-order valence-electron chi connectivity index (χ4n) is 2.98. The number of amides is 1. The van der Waals surface area contributed by atoms with Crippen molar-refractivity contribution >= 4 is 33.8 Å². The Morgan fingerprint density at radius 1 is 1.00 bits per heavy atom. The van der Waals surface area contributed by atoms with Crippen molar-refractivity contribution in [2.45, 2.75) is 11.8 Å². The fourth-order valence-corrected chi connectivity index (χ4v) is 4.43. The van der Waals surface area contributed by atoms with Gasteiger partial charge in [-0.05, 0) is 66.2 Å². The SMILES string of the molecule is C=CCN(c1ccc(C(=O)N/N=C\c2ccc(OC(C)=O)cc2)cc1)S(=O)(=O)c1ccccc1. The van der Waals surface area contributed by atoms with E-state index in [1.54, 1.807) is 54.6 Å². The van der Waals surface area contributed by atoms with Crippen LogP contribution in [0.1, 0.15) is 22.8 Å². The summed E-state index contributed by atoms with van der Waals surface area (Å²) in [6, 6.07) is 20.8. The minimum atomic E-state index is -3.79. The maximum Gasteiger partial charge on any atom is 0.308 e. The van der Waals surface area contributed by atoms with Gasteiger partial charge >= 0.3 is 5.97 Å². The van der Waals surface area contributed by atoms with Gasteiger partial charge in [-0.3, -0.25) is 13.9 Å². The zero-order valence-corrected chi connectivity index (χ0v) is 19.2. The van der Waals surface area contributed by atoms with Gasteiger partial charge in [0, 0.05) is 12.5 Å². The maximum atomic E-state index is 13.0. The first-order valence-electron chi connectivity index (χ1n) is 10.2. The van der Waals surface area contributed by atoms with Crippen molar-refractivity contribution in [2.24, 2.45) is 5.10 Å². The van der Waals surface area contributed by atoms with Crippen LogP contribution >= 0.6 is 0 Å². The molecule has 8 nitrogen and oxygen atoms in total. The highest BCUT2D eigenvalue weighted by molar-refractivity contribution is 7.92. The number of esters is 1. The van der Waals surface area contributed by atoms with Gasteiger partial charge in [-0.15, -0.1) is 6.58 Å². The summed E-state index contributed by atoms with van der Waals surface area (Å²) in [5, 5.41) is 3.92. The van der Waals surface area contributed by atoms with E-state index in [1.807, 2.05) is 0 Å². The van der Waals surface area contributed by atoms with Crippen LogP contribution in [0.4, 0.5) is 5.69 Å². The highest BCUT2D eigenvalue weighted by atomic mass is 32.2. The van der Waals surface area contributed by atoms with Crippen LogP contribution in [-0.2, 0) is 14.8 Å². The van der Waals surface area contributed by atoms with Gasteiger partial charge in [0.1, 0.15) is 5.75 Å². The van der Waals surface area contributed by atoms with E-state index >= 15 is 0 Å². The molecular formula is C25H23N3O5S. The highest BCUT2D eigenvalue weighted by Crippen LogP contribution is 2.24. The molecule has 3 rings (SSSR count). The van der Waals surface area contributed by atoms with Crippen LogP contribution in [-0.4, -0.2) is 33.1 Å². The van der Waals surface area contributed by atoms with Gasteiger partial charge < -0.3 is 4.74 Å². The van der Waals surface area contributed by atoms with Gasteiger partial charge in [0.2, 0.25) is 0 Å². The molecule has 0 spiro atoms. The molecule has 0 aromatic heterocycles. The lowest BCUT2D eigenvalue weighted by atomic mass is 10.2. The van der Waals surface area contributed by atoms with Crippen LogP contribution in [0.5, 0.6) is 5.75 Å². The van der Waals surface area contributed by atoms with E-state index in [1.165, 1.54) is 47.8 Å². The van der Waals surface area contributed by atoms with Crippen LogP contribution < -0.4 is 14.5 Å². The second-order valence-corrected chi connectivity index (χ2v) is 8.91. The van der Waals surface area contributed by atoms with Crippen molar-refractivity contribution in [3.8, 4) is 5.75 Å². The Morgan fingerprint density at radius 3 is 2.24 bits per heavy atom. The minimum Gasteiger partial charge on any atom is -0.427 e. The molecule has 0 radical (unpaired) electrons. The number of benzene rings is 3. The summed E-state index contributed by atoms with van der Waals surface area (Å²) in [4.78, 5) is 23.5. The van der Waals surface area contributed by atoms with Crippen molar-refractivity contribution in [2.75, 3.05) is 10.8 Å². The maximum absolute atomic E-state index is 13.0. The number of hydrogen-bond donors (Lipinski definition) is 1. The summed E-state index contributed by atoms with van der Waals surface area (Å²) in [6.07, 6.45) is 2.94. The van der Waals surface area contributed by atoms with Gasteiger partial charge in [-0.2, -0.15) is 5.10 Å².